The van der Waals surface area contributed by atoms with Gasteiger partial charge in [0.2, 0.25) is 10.0 Å². The molecule has 1 fully saturated rings. The fourth-order valence-corrected chi connectivity index (χ4v) is 4.35. The van der Waals surface area contributed by atoms with Crippen LogP contribution >= 0.6 is 15.9 Å². The quantitative estimate of drug-likeness (QED) is 0.722. The zero-order chi connectivity index (χ0) is 14.6. The molecule has 1 aliphatic rings. The van der Waals surface area contributed by atoms with Crippen LogP contribution in [0.5, 0.6) is 0 Å². The van der Waals surface area contributed by atoms with Gasteiger partial charge in [-0.3, -0.25) is 0 Å². The van der Waals surface area contributed by atoms with Gasteiger partial charge in [0.25, 0.3) is 0 Å². The monoisotopic (exact) mass is 359 g/mol. The van der Waals surface area contributed by atoms with Gasteiger partial charge < -0.3 is 0 Å². The van der Waals surface area contributed by atoms with Crippen molar-refractivity contribution in [2.24, 2.45) is 5.41 Å². The van der Waals surface area contributed by atoms with E-state index < -0.39 is 10.0 Å². The standard InChI is InChI=1S/C15H22BrNO2S/c1-2-3-13-4-6-14(7-5-13)20(18,19)17-12-15(8-9-15)10-11-16/h4-7,17H,2-3,8-12H2,1H3. The van der Waals surface area contributed by atoms with E-state index in [1.54, 1.807) is 12.1 Å². The van der Waals surface area contributed by atoms with Gasteiger partial charge in [-0.15, -0.1) is 0 Å². The van der Waals surface area contributed by atoms with Gasteiger partial charge in [0.05, 0.1) is 4.90 Å². The summed E-state index contributed by atoms with van der Waals surface area (Å²) < 4.78 is 27.3. The molecule has 5 heteroatoms. The van der Waals surface area contributed by atoms with E-state index in [1.165, 1.54) is 5.56 Å². The molecule has 0 bridgehead atoms. The Hall–Kier alpha value is -0.390. The van der Waals surface area contributed by atoms with Crippen LogP contribution in [0.3, 0.4) is 0 Å². The molecule has 1 aromatic carbocycles. The van der Waals surface area contributed by atoms with Crippen LogP contribution in [0.1, 0.15) is 38.2 Å². The van der Waals surface area contributed by atoms with Gasteiger partial charge in [-0.1, -0.05) is 41.4 Å². The molecule has 3 nitrogen and oxygen atoms in total. The fraction of sp³-hybridized carbons (Fsp3) is 0.600. The van der Waals surface area contributed by atoms with Crippen molar-refractivity contribution in [2.45, 2.75) is 43.9 Å². The summed E-state index contributed by atoms with van der Waals surface area (Å²) in [4.78, 5) is 0.368. The van der Waals surface area contributed by atoms with E-state index in [4.69, 9.17) is 0 Å². The van der Waals surface area contributed by atoms with Crippen molar-refractivity contribution < 1.29 is 8.42 Å². The first kappa shape index (κ1) is 16.0. The molecule has 0 heterocycles. The highest BCUT2D eigenvalue weighted by Crippen LogP contribution is 2.48. The first-order valence-electron chi connectivity index (χ1n) is 7.16. The second-order valence-corrected chi connectivity index (χ2v) is 8.22. The highest BCUT2D eigenvalue weighted by atomic mass is 79.9. The van der Waals surface area contributed by atoms with Gasteiger partial charge in [0.15, 0.2) is 0 Å². The zero-order valence-corrected chi connectivity index (χ0v) is 14.3. The third-order valence-electron chi connectivity index (χ3n) is 3.99. The molecule has 0 aliphatic heterocycles. The number of alkyl halides is 1. The van der Waals surface area contributed by atoms with Crippen LogP contribution in [-0.4, -0.2) is 20.3 Å². The predicted molar refractivity (Wildman–Crippen MR) is 85.7 cm³/mol. The maximum atomic E-state index is 12.3. The molecule has 0 unspecified atom stereocenters. The molecule has 0 saturated heterocycles. The largest absolute Gasteiger partial charge is 0.240 e. The van der Waals surface area contributed by atoms with Crippen LogP contribution in [0, 0.1) is 5.41 Å². The number of aryl methyl sites for hydroxylation is 1. The minimum absolute atomic E-state index is 0.193. The maximum absolute atomic E-state index is 12.3. The van der Waals surface area contributed by atoms with Gasteiger partial charge in [0, 0.05) is 11.9 Å². The summed E-state index contributed by atoms with van der Waals surface area (Å²) >= 11 is 3.44. The van der Waals surface area contributed by atoms with Crippen molar-refractivity contribution in [2.75, 3.05) is 11.9 Å². The lowest BCUT2D eigenvalue weighted by molar-refractivity contribution is 0.480. The molecule has 1 saturated carbocycles. The SMILES string of the molecule is CCCc1ccc(S(=O)(=O)NCC2(CCBr)CC2)cc1. The summed E-state index contributed by atoms with van der Waals surface area (Å²) in [6, 6.07) is 7.22. The van der Waals surface area contributed by atoms with Crippen LogP contribution in [0.15, 0.2) is 29.2 Å². The van der Waals surface area contributed by atoms with E-state index in [9.17, 15) is 8.42 Å². The minimum atomic E-state index is -3.37. The zero-order valence-electron chi connectivity index (χ0n) is 11.9. The molecule has 0 radical (unpaired) electrons. The summed E-state index contributed by atoms with van der Waals surface area (Å²) in [6.45, 7) is 2.67. The highest BCUT2D eigenvalue weighted by molar-refractivity contribution is 9.09. The molecular formula is C15H22BrNO2S. The Kier molecular flexibility index (Phi) is 5.26. The van der Waals surface area contributed by atoms with E-state index in [0.717, 1.165) is 37.4 Å². The average Bonchev–Trinajstić information content (AvgIpc) is 3.19. The number of rotatable bonds is 8. The number of halogens is 1. The van der Waals surface area contributed by atoms with Crippen LogP contribution in [0.4, 0.5) is 0 Å². The lowest BCUT2D eigenvalue weighted by Crippen LogP contribution is -2.30. The van der Waals surface area contributed by atoms with Crippen LogP contribution in [0.25, 0.3) is 0 Å². The van der Waals surface area contributed by atoms with Crippen molar-refractivity contribution >= 4 is 26.0 Å². The van der Waals surface area contributed by atoms with Gasteiger partial charge in [0.1, 0.15) is 0 Å². The lowest BCUT2D eigenvalue weighted by atomic mass is 10.1. The van der Waals surface area contributed by atoms with Crippen molar-refractivity contribution in [1.29, 1.82) is 0 Å². The third-order valence-corrected chi connectivity index (χ3v) is 5.81. The fourth-order valence-electron chi connectivity index (χ4n) is 2.35. The molecular weight excluding hydrogens is 338 g/mol. The normalized spacial score (nSPS) is 17.1. The second-order valence-electron chi connectivity index (χ2n) is 5.66. The molecule has 2 rings (SSSR count). The van der Waals surface area contributed by atoms with Crippen molar-refractivity contribution in [3.05, 3.63) is 29.8 Å². The second kappa shape index (κ2) is 6.58. The minimum Gasteiger partial charge on any atom is -0.211 e. The Morgan fingerprint density at radius 1 is 1.25 bits per heavy atom. The molecule has 1 N–H and O–H groups in total. The van der Waals surface area contributed by atoms with Crippen molar-refractivity contribution in [3.63, 3.8) is 0 Å². The number of nitrogens with one attached hydrogen (secondary N) is 1. The van der Waals surface area contributed by atoms with E-state index in [2.05, 4.69) is 27.6 Å². The summed E-state index contributed by atoms with van der Waals surface area (Å²) in [5.74, 6) is 0. The molecule has 0 aromatic heterocycles. The van der Waals surface area contributed by atoms with Gasteiger partial charge in [-0.05, 0) is 48.8 Å². The molecule has 1 aromatic rings. The Balaban J connectivity index is 1.99. The smallest absolute Gasteiger partial charge is 0.211 e. The summed E-state index contributed by atoms with van der Waals surface area (Å²) in [6.07, 6.45) is 5.33. The number of hydrogen-bond donors (Lipinski definition) is 1. The van der Waals surface area contributed by atoms with E-state index >= 15 is 0 Å². The highest BCUT2D eigenvalue weighted by Gasteiger charge is 2.42. The molecule has 0 spiro atoms. The lowest BCUT2D eigenvalue weighted by Gasteiger charge is -2.15. The third kappa shape index (κ3) is 4.06. The summed E-state index contributed by atoms with van der Waals surface area (Å²) in [5, 5.41) is 0.931. The Bertz CT molecular complexity index is 535. The molecule has 0 amide bonds. The van der Waals surface area contributed by atoms with Crippen LogP contribution in [0.2, 0.25) is 0 Å². The van der Waals surface area contributed by atoms with Crippen molar-refractivity contribution in [1.82, 2.24) is 4.72 Å². The molecule has 1 aliphatic carbocycles. The predicted octanol–water partition coefficient (Wildman–Crippen LogP) is 3.48. The Labute approximate surface area is 130 Å². The van der Waals surface area contributed by atoms with Crippen LogP contribution in [-0.2, 0) is 16.4 Å². The summed E-state index contributed by atoms with van der Waals surface area (Å²) in [7, 11) is -3.37. The first-order valence-corrected chi connectivity index (χ1v) is 9.76. The Morgan fingerprint density at radius 2 is 1.90 bits per heavy atom. The van der Waals surface area contributed by atoms with E-state index in [0.29, 0.717) is 11.4 Å². The Morgan fingerprint density at radius 3 is 2.40 bits per heavy atom. The number of hydrogen-bond acceptors (Lipinski definition) is 2. The topological polar surface area (TPSA) is 46.2 Å². The van der Waals surface area contributed by atoms with E-state index in [-0.39, 0.29) is 5.41 Å². The average molecular weight is 360 g/mol. The van der Waals surface area contributed by atoms with Crippen molar-refractivity contribution in [3.8, 4) is 0 Å². The summed E-state index contributed by atoms with van der Waals surface area (Å²) in [5.41, 5.74) is 1.38. The van der Waals surface area contributed by atoms with Gasteiger partial charge in [-0.2, -0.15) is 0 Å². The molecule has 112 valence electrons. The van der Waals surface area contributed by atoms with Gasteiger partial charge in [-0.25, -0.2) is 13.1 Å². The van der Waals surface area contributed by atoms with Crippen LogP contribution < -0.4 is 4.72 Å². The first-order chi connectivity index (χ1) is 9.51. The number of benzene rings is 1. The van der Waals surface area contributed by atoms with Gasteiger partial charge >= 0.3 is 0 Å². The maximum Gasteiger partial charge on any atom is 0.240 e. The number of sulfonamides is 1. The van der Waals surface area contributed by atoms with E-state index in [1.807, 2.05) is 12.1 Å². The molecule has 20 heavy (non-hydrogen) atoms. The molecule has 0 atom stereocenters.